The van der Waals surface area contributed by atoms with Crippen LogP contribution >= 0.6 is 0 Å². The predicted octanol–water partition coefficient (Wildman–Crippen LogP) is 5.58. The van der Waals surface area contributed by atoms with Gasteiger partial charge in [0.05, 0.1) is 5.92 Å². The summed E-state index contributed by atoms with van der Waals surface area (Å²) in [4.78, 5) is 11.4. The van der Waals surface area contributed by atoms with Gasteiger partial charge in [0.25, 0.3) is 5.91 Å². The zero-order valence-electron chi connectivity index (χ0n) is 14.6. The minimum Gasteiger partial charge on any atom is -0.267 e. The molecule has 0 spiro atoms. The quantitative estimate of drug-likeness (QED) is 0.392. The van der Waals surface area contributed by atoms with Gasteiger partial charge < -0.3 is 0 Å². The zero-order valence-corrected chi connectivity index (χ0v) is 14.6. The topological polar surface area (TPSA) is 41.5 Å². The third kappa shape index (κ3) is 10.8. The van der Waals surface area contributed by atoms with Crippen LogP contribution in [-0.2, 0) is 0 Å². The molecule has 0 saturated carbocycles. The number of hydrazone groups is 1. The summed E-state index contributed by atoms with van der Waals surface area (Å²) in [5.74, 6) is -2.24. The summed E-state index contributed by atoms with van der Waals surface area (Å²) in [5, 5.41) is 3.27. The van der Waals surface area contributed by atoms with Crippen LogP contribution in [0.1, 0.15) is 63.2 Å². The zero-order chi connectivity index (χ0) is 18.4. The molecular weight excluding hydrogens is 317 g/mol. The maximum absolute atomic E-state index is 12.1. The highest BCUT2D eigenvalue weighted by molar-refractivity contribution is 5.94. The first-order valence-corrected chi connectivity index (χ1v) is 8.28. The number of halogens is 3. The van der Waals surface area contributed by atoms with Crippen LogP contribution in [0.15, 0.2) is 35.4 Å². The van der Waals surface area contributed by atoms with Crippen molar-refractivity contribution in [1.82, 2.24) is 5.43 Å². The van der Waals surface area contributed by atoms with E-state index in [2.05, 4.69) is 18.9 Å². The summed E-state index contributed by atoms with van der Waals surface area (Å²) in [6.45, 7) is 5.45. The molecule has 0 radical (unpaired) electrons. The Morgan fingerprint density at radius 2 is 1.67 bits per heavy atom. The molecule has 1 atom stereocenters. The molecule has 1 aromatic rings. The molecule has 1 unspecified atom stereocenters. The van der Waals surface area contributed by atoms with Crippen molar-refractivity contribution in [2.45, 2.75) is 59.1 Å². The highest BCUT2D eigenvalue weighted by Gasteiger charge is 2.34. The van der Waals surface area contributed by atoms with Crippen LogP contribution in [0.25, 0.3) is 0 Å². The Morgan fingerprint density at radius 3 is 2.12 bits per heavy atom. The largest absolute Gasteiger partial charge is 0.396 e. The Morgan fingerprint density at radius 1 is 1.12 bits per heavy atom. The summed E-state index contributed by atoms with van der Waals surface area (Å²) >= 11 is 0. The molecule has 0 aliphatic heterocycles. The van der Waals surface area contributed by atoms with Crippen LogP contribution in [0.4, 0.5) is 13.2 Å². The Kier molecular flexibility index (Phi) is 11.6. The second-order valence-electron chi connectivity index (χ2n) is 5.48. The van der Waals surface area contributed by atoms with Gasteiger partial charge in [-0.05, 0) is 19.1 Å². The minimum atomic E-state index is -4.35. The van der Waals surface area contributed by atoms with Gasteiger partial charge in [-0.1, -0.05) is 64.2 Å². The molecule has 6 heteroatoms. The number of unbranched alkanes of at least 4 members (excludes halogenated alkanes) is 4. The van der Waals surface area contributed by atoms with E-state index >= 15 is 0 Å². The monoisotopic (exact) mass is 344 g/mol. The number of nitrogens with one attached hydrogen (secondary N) is 1. The van der Waals surface area contributed by atoms with E-state index in [0.29, 0.717) is 11.8 Å². The van der Waals surface area contributed by atoms with Crippen molar-refractivity contribution in [2.75, 3.05) is 0 Å². The van der Waals surface area contributed by atoms with Crippen LogP contribution in [0.5, 0.6) is 0 Å². The van der Waals surface area contributed by atoms with Gasteiger partial charge in [-0.3, -0.25) is 4.79 Å². The summed E-state index contributed by atoms with van der Waals surface area (Å²) in [6.07, 6.45) is 3.32. The van der Waals surface area contributed by atoms with Gasteiger partial charge in [-0.15, -0.1) is 0 Å². The highest BCUT2D eigenvalue weighted by atomic mass is 19.4. The number of alkyl halides is 3. The van der Waals surface area contributed by atoms with Crippen molar-refractivity contribution in [3.8, 4) is 0 Å². The number of rotatable bonds is 7. The third-order valence-electron chi connectivity index (χ3n) is 3.22. The van der Waals surface area contributed by atoms with Gasteiger partial charge >= 0.3 is 6.18 Å². The predicted molar refractivity (Wildman–Crippen MR) is 92.1 cm³/mol. The van der Waals surface area contributed by atoms with Crippen LogP contribution in [0.3, 0.4) is 0 Å². The first-order chi connectivity index (χ1) is 11.3. The van der Waals surface area contributed by atoms with Crippen LogP contribution in [0, 0.1) is 5.92 Å². The second-order valence-corrected chi connectivity index (χ2v) is 5.48. The molecule has 136 valence electrons. The van der Waals surface area contributed by atoms with E-state index in [4.69, 9.17) is 0 Å². The number of amides is 1. The number of hydrogen-bond donors (Lipinski definition) is 1. The standard InChI is InChI=1S/C11H11F3N2O.C7H16/c1-8(11(12,13)14)7-15-16-10(17)9-5-3-2-4-6-9;1-3-5-7-6-4-2/h2-8H,1H3,(H,16,17);3-7H2,1-2H3. The molecule has 24 heavy (non-hydrogen) atoms. The van der Waals surface area contributed by atoms with E-state index < -0.39 is 18.0 Å². The Bertz CT molecular complexity index is 469. The van der Waals surface area contributed by atoms with E-state index in [0.717, 1.165) is 6.92 Å². The van der Waals surface area contributed by atoms with Crippen LogP contribution < -0.4 is 5.43 Å². The van der Waals surface area contributed by atoms with Gasteiger partial charge in [0.15, 0.2) is 0 Å². The molecule has 1 aromatic carbocycles. The fraction of sp³-hybridized carbons (Fsp3) is 0.556. The fourth-order valence-electron chi connectivity index (χ4n) is 1.62. The molecule has 0 fully saturated rings. The van der Waals surface area contributed by atoms with Gasteiger partial charge in [-0.2, -0.15) is 18.3 Å². The fourth-order valence-corrected chi connectivity index (χ4v) is 1.62. The highest BCUT2D eigenvalue weighted by Crippen LogP contribution is 2.23. The smallest absolute Gasteiger partial charge is 0.267 e. The lowest BCUT2D eigenvalue weighted by Gasteiger charge is -2.09. The SMILES string of the molecule is CC(C=NNC(=O)c1ccccc1)C(F)(F)F.CCCCCCC. The number of nitrogens with zero attached hydrogens (tertiary/aromatic N) is 1. The summed E-state index contributed by atoms with van der Waals surface area (Å²) < 4.78 is 36.3. The van der Waals surface area contributed by atoms with Gasteiger partial charge in [0, 0.05) is 11.8 Å². The molecule has 0 bridgehead atoms. The first kappa shape index (κ1) is 22.1. The minimum absolute atomic E-state index is 0.337. The molecule has 1 N–H and O–H groups in total. The summed E-state index contributed by atoms with van der Waals surface area (Å²) in [6, 6.07) is 8.11. The second kappa shape index (κ2) is 12.6. The lowest BCUT2D eigenvalue weighted by Crippen LogP contribution is -2.24. The molecular formula is C18H27F3N2O. The third-order valence-corrected chi connectivity index (χ3v) is 3.22. The lowest BCUT2D eigenvalue weighted by atomic mass is 10.2. The normalized spacial score (nSPS) is 12.4. The van der Waals surface area contributed by atoms with Crippen molar-refractivity contribution in [1.29, 1.82) is 0 Å². The Balaban J connectivity index is 0.000000640. The number of benzene rings is 1. The molecule has 0 aliphatic rings. The Hall–Kier alpha value is -1.85. The number of carbonyl (C=O) groups excluding carboxylic acids is 1. The molecule has 3 nitrogen and oxygen atoms in total. The van der Waals surface area contributed by atoms with Crippen molar-refractivity contribution in [3.05, 3.63) is 35.9 Å². The molecule has 0 aromatic heterocycles. The average Bonchev–Trinajstić information content (AvgIpc) is 2.55. The van der Waals surface area contributed by atoms with Crippen molar-refractivity contribution in [3.63, 3.8) is 0 Å². The maximum atomic E-state index is 12.1. The lowest BCUT2D eigenvalue weighted by molar-refractivity contribution is -0.149. The van der Waals surface area contributed by atoms with Crippen LogP contribution in [0.2, 0.25) is 0 Å². The van der Waals surface area contributed by atoms with E-state index in [-0.39, 0.29) is 0 Å². The van der Waals surface area contributed by atoms with E-state index in [1.165, 1.54) is 44.2 Å². The average molecular weight is 344 g/mol. The molecule has 0 heterocycles. The molecule has 1 amide bonds. The van der Waals surface area contributed by atoms with Gasteiger partial charge in [0.1, 0.15) is 0 Å². The van der Waals surface area contributed by atoms with Crippen molar-refractivity contribution >= 4 is 12.1 Å². The van der Waals surface area contributed by atoms with E-state index in [9.17, 15) is 18.0 Å². The Labute approximate surface area is 142 Å². The number of carbonyl (C=O) groups is 1. The van der Waals surface area contributed by atoms with Crippen molar-refractivity contribution < 1.29 is 18.0 Å². The van der Waals surface area contributed by atoms with Crippen molar-refractivity contribution in [2.24, 2.45) is 11.0 Å². The molecule has 0 saturated heterocycles. The van der Waals surface area contributed by atoms with Gasteiger partial charge in [0.2, 0.25) is 0 Å². The number of hydrogen-bond acceptors (Lipinski definition) is 2. The molecule has 0 aliphatic carbocycles. The first-order valence-electron chi connectivity index (χ1n) is 8.28. The summed E-state index contributed by atoms with van der Waals surface area (Å²) in [5.41, 5.74) is 2.37. The van der Waals surface area contributed by atoms with E-state index in [1.54, 1.807) is 18.2 Å². The van der Waals surface area contributed by atoms with E-state index in [1.807, 2.05) is 5.43 Å². The van der Waals surface area contributed by atoms with Gasteiger partial charge in [-0.25, -0.2) is 5.43 Å². The van der Waals surface area contributed by atoms with Crippen LogP contribution in [-0.4, -0.2) is 18.3 Å². The maximum Gasteiger partial charge on any atom is 0.396 e. The molecule has 1 rings (SSSR count). The summed E-state index contributed by atoms with van der Waals surface area (Å²) in [7, 11) is 0.